The third kappa shape index (κ3) is 2.38. The van der Waals surface area contributed by atoms with Crippen LogP contribution < -0.4 is 5.73 Å². The Balaban J connectivity index is 2.35. The molecule has 0 aliphatic heterocycles. The smallest absolute Gasteiger partial charge is 0.107 e. The summed E-state index contributed by atoms with van der Waals surface area (Å²) in [6, 6.07) is 0. The van der Waals surface area contributed by atoms with Gasteiger partial charge in [0, 0.05) is 19.6 Å². The molecule has 5 N–H and O–H groups in total. The van der Waals surface area contributed by atoms with E-state index in [-0.39, 0.29) is 18.6 Å². The van der Waals surface area contributed by atoms with Crippen molar-refractivity contribution in [3.8, 4) is 0 Å². The molecule has 1 fully saturated rings. The van der Waals surface area contributed by atoms with Gasteiger partial charge in [-0.2, -0.15) is 0 Å². The molecule has 0 radical (unpaired) electrons. The molecule has 0 aromatic carbocycles. The minimum atomic E-state index is -1.17. The number of hydrogen-bond donors (Lipinski definition) is 4. The van der Waals surface area contributed by atoms with Gasteiger partial charge in [-0.3, -0.25) is 0 Å². The van der Waals surface area contributed by atoms with Gasteiger partial charge >= 0.3 is 0 Å². The summed E-state index contributed by atoms with van der Waals surface area (Å²) in [6.45, 7) is -0.0530. The van der Waals surface area contributed by atoms with Crippen LogP contribution in [0.25, 0.3) is 0 Å². The normalized spacial score (nSPS) is 33.9. The van der Waals surface area contributed by atoms with Gasteiger partial charge in [-0.25, -0.2) is 0 Å². The van der Waals surface area contributed by atoms with Crippen LogP contribution in [0.3, 0.4) is 0 Å². The topological polar surface area (TPSA) is 95.9 Å². The van der Waals surface area contributed by atoms with Crippen molar-refractivity contribution in [3.05, 3.63) is 0 Å². The van der Waals surface area contributed by atoms with Crippen LogP contribution >= 0.6 is 0 Å². The quantitative estimate of drug-likeness (QED) is 0.405. The SMILES string of the molecule is CO[C@H]1CC1C(O)[C@H](O)C(O)CN. The Labute approximate surface area is 77.1 Å². The van der Waals surface area contributed by atoms with E-state index in [4.69, 9.17) is 15.6 Å². The molecule has 5 heteroatoms. The van der Waals surface area contributed by atoms with Gasteiger partial charge < -0.3 is 25.8 Å². The fraction of sp³-hybridized carbons (Fsp3) is 1.00. The number of aliphatic hydroxyl groups is 3. The Kier molecular flexibility index (Phi) is 3.63. The van der Waals surface area contributed by atoms with Crippen molar-refractivity contribution in [2.45, 2.75) is 30.8 Å². The number of ether oxygens (including phenoxy) is 1. The monoisotopic (exact) mass is 191 g/mol. The summed E-state index contributed by atoms with van der Waals surface area (Å²) in [7, 11) is 1.56. The summed E-state index contributed by atoms with van der Waals surface area (Å²) < 4.78 is 4.97. The van der Waals surface area contributed by atoms with E-state index in [1.54, 1.807) is 7.11 Å². The predicted octanol–water partition coefficient (Wildman–Crippen LogP) is -1.94. The van der Waals surface area contributed by atoms with Crippen LogP contribution in [0.5, 0.6) is 0 Å². The fourth-order valence-electron chi connectivity index (χ4n) is 1.44. The zero-order valence-corrected chi connectivity index (χ0v) is 7.63. The summed E-state index contributed by atoms with van der Waals surface area (Å²) in [5.41, 5.74) is 5.15. The van der Waals surface area contributed by atoms with Crippen molar-refractivity contribution < 1.29 is 20.1 Å². The van der Waals surface area contributed by atoms with Crippen LogP contribution in [-0.2, 0) is 4.74 Å². The molecule has 0 heterocycles. The summed E-state index contributed by atoms with van der Waals surface area (Å²) in [5.74, 6) is -0.0683. The second-order valence-corrected chi connectivity index (χ2v) is 3.46. The second kappa shape index (κ2) is 4.34. The van der Waals surface area contributed by atoms with Gasteiger partial charge in [-0.15, -0.1) is 0 Å². The van der Waals surface area contributed by atoms with Crippen LogP contribution in [0, 0.1) is 5.92 Å². The van der Waals surface area contributed by atoms with Crippen LogP contribution in [0.1, 0.15) is 6.42 Å². The number of aliphatic hydroxyl groups excluding tert-OH is 3. The van der Waals surface area contributed by atoms with Crippen LogP contribution in [-0.4, -0.2) is 53.4 Å². The Hall–Kier alpha value is -0.200. The van der Waals surface area contributed by atoms with Gasteiger partial charge in [0.15, 0.2) is 0 Å². The Bertz CT molecular complexity index is 166. The highest BCUT2D eigenvalue weighted by atomic mass is 16.5. The van der Waals surface area contributed by atoms with Crippen LogP contribution in [0.2, 0.25) is 0 Å². The molecule has 13 heavy (non-hydrogen) atoms. The zero-order chi connectivity index (χ0) is 10.0. The van der Waals surface area contributed by atoms with Crippen LogP contribution in [0.15, 0.2) is 0 Å². The molecule has 0 spiro atoms. The van der Waals surface area contributed by atoms with Gasteiger partial charge in [0.2, 0.25) is 0 Å². The second-order valence-electron chi connectivity index (χ2n) is 3.46. The van der Waals surface area contributed by atoms with E-state index in [9.17, 15) is 10.2 Å². The standard InChI is InChI=1S/C8H17NO4/c1-13-6-2-4(6)7(11)8(12)5(10)3-9/h4-8,10-12H,2-3,9H2,1H3/t4?,5?,6-,7?,8+/m0/s1. The lowest BCUT2D eigenvalue weighted by molar-refractivity contribution is -0.0688. The number of hydrogen-bond acceptors (Lipinski definition) is 5. The average Bonchev–Trinajstić information content (AvgIpc) is 2.93. The van der Waals surface area contributed by atoms with Crippen molar-refractivity contribution in [3.63, 3.8) is 0 Å². The first-order valence-corrected chi connectivity index (χ1v) is 4.38. The Morgan fingerprint density at radius 1 is 1.46 bits per heavy atom. The molecule has 1 aliphatic carbocycles. The maximum absolute atomic E-state index is 9.51. The van der Waals surface area contributed by atoms with Crippen molar-refractivity contribution in [1.29, 1.82) is 0 Å². The molecule has 3 unspecified atom stereocenters. The zero-order valence-electron chi connectivity index (χ0n) is 7.63. The van der Waals surface area contributed by atoms with E-state index in [1.165, 1.54) is 0 Å². The molecule has 1 rings (SSSR count). The summed E-state index contributed by atoms with van der Waals surface area (Å²) in [6.07, 6.45) is -2.44. The molecule has 0 bridgehead atoms. The van der Waals surface area contributed by atoms with E-state index in [0.717, 1.165) is 6.42 Å². The molecule has 5 atom stereocenters. The largest absolute Gasteiger partial charge is 0.390 e. The van der Waals surface area contributed by atoms with Gasteiger partial charge in [0.1, 0.15) is 6.10 Å². The van der Waals surface area contributed by atoms with Gasteiger partial charge in [-0.1, -0.05) is 0 Å². The lowest BCUT2D eigenvalue weighted by Crippen LogP contribution is -2.43. The van der Waals surface area contributed by atoms with Crippen molar-refractivity contribution in [1.82, 2.24) is 0 Å². The molecule has 5 nitrogen and oxygen atoms in total. The number of methoxy groups -OCH3 is 1. The lowest BCUT2D eigenvalue weighted by Gasteiger charge is -2.21. The van der Waals surface area contributed by atoms with E-state index >= 15 is 0 Å². The minimum absolute atomic E-state index is 0.00891. The highest BCUT2D eigenvalue weighted by Gasteiger charge is 2.46. The van der Waals surface area contributed by atoms with Gasteiger partial charge in [0.05, 0.1) is 18.3 Å². The van der Waals surface area contributed by atoms with E-state index < -0.39 is 18.3 Å². The first-order chi connectivity index (χ1) is 6.11. The Morgan fingerprint density at radius 2 is 2.08 bits per heavy atom. The first kappa shape index (κ1) is 10.9. The maximum Gasteiger partial charge on any atom is 0.107 e. The molecular formula is C8H17NO4. The third-order valence-electron chi connectivity index (χ3n) is 2.51. The first-order valence-electron chi connectivity index (χ1n) is 4.38. The summed E-state index contributed by atoms with van der Waals surface area (Å²) >= 11 is 0. The fourth-order valence-corrected chi connectivity index (χ4v) is 1.44. The molecule has 0 aromatic heterocycles. The molecule has 0 amide bonds. The van der Waals surface area contributed by atoms with E-state index in [1.807, 2.05) is 0 Å². The molecule has 1 saturated carbocycles. The predicted molar refractivity (Wildman–Crippen MR) is 46.0 cm³/mol. The van der Waals surface area contributed by atoms with E-state index in [2.05, 4.69) is 0 Å². The summed E-state index contributed by atoms with van der Waals surface area (Å²) in [5, 5.41) is 28.0. The third-order valence-corrected chi connectivity index (χ3v) is 2.51. The van der Waals surface area contributed by atoms with Crippen molar-refractivity contribution >= 4 is 0 Å². The molecule has 0 saturated heterocycles. The molecule has 0 aromatic rings. The molecular weight excluding hydrogens is 174 g/mol. The van der Waals surface area contributed by atoms with E-state index in [0.29, 0.717) is 0 Å². The van der Waals surface area contributed by atoms with Crippen LogP contribution in [0.4, 0.5) is 0 Å². The number of nitrogens with two attached hydrogens (primary N) is 1. The Morgan fingerprint density at radius 3 is 2.46 bits per heavy atom. The van der Waals surface area contributed by atoms with Crippen molar-refractivity contribution in [2.75, 3.05) is 13.7 Å². The summed E-state index contributed by atoms with van der Waals surface area (Å²) in [4.78, 5) is 0. The number of rotatable bonds is 5. The van der Waals surface area contributed by atoms with Crippen molar-refractivity contribution in [2.24, 2.45) is 11.7 Å². The maximum atomic E-state index is 9.51. The van der Waals surface area contributed by atoms with Gasteiger partial charge in [0.25, 0.3) is 0 Å². The molecule has 78 valence electrons. The van der Waals surface area contributed by atoms with Gasteiger partial charge in [-0.05, 0) is 6.42 Å². The lowest BCUT2D eigenvalue weighted by atomic mass is 10.0. The molecule has 1 aliphatic rings. The minimum Gasteiger partial charge on any atom is -0.390 e. The highest BCUT2D eigenvalue weighted by Crippen LogP contribution is 2.37. The average molecular weight is 191 g/mol. The highest BCUT2D eigenvalue weighted by molar-refractivity contribution is 4.96.